The van der Waals surface area contributed by atoms with E-state index in [0.29, 0.717) is 23.8 Å². The molecule has 2 rings (SSSR count). The molecule has 2 heterocycles. The molecule has 0 aromatic carbocycles. The van der Waals surface area contributed by atoms with Crippen LogP contribution < -0.4 is 5.73 Å². The van der Waals surface area contributed by atoms with Crippen molar-refractivity contribution in [2.75, 3.05) is 19.7 Å². The van der Waals surface area contributed by atoms with Crippen molar-refractivity contribution in [3.63, 3.8) is 0 Å². The van der Waals surface area contributed by atoms with Crippen LogP contribution in [-0.4, -0.2) is 38.5 Å². The van der Waals surface area contributed by atoms with Crippen LogP contribution in [0.15, 0.2) is 10.3 Å². The molecule has 114 valence electrons. The van der Waals surface area contributed by atoms with Gasteiger partial charge in [0.2, 0.25) is 0 Å². The van der Waals surface area contributed by atoms with E-state index < -0.39 is 10.0 Å². The molecule has 0 bridgehead atoms. The van der Waals surface area contributed by atoms with E-state index in [2.05, 4.69) is 0 Å². The summed E-state index contributed by atoms with van der Waals surface area (Å²) in [7, 11) is -3.43. The predicted octanol–water partition coefficient (Wildman–Crippen LogP) is 1.70. The molecule has 0 spiro atoms. The van der Waals surface area contributed by atoms with Gasteiger partial charge in [-0.2, -0.15) is 4.31 Å². The number of ether oxygens (including phenoxy) is 1. The zero-order chi connectivity index (χ0) is 14.8. The molecular weight excluding hydrogens is 296 g/mol. The quantitative estimate of drug-likeness (QED) is 0.866. The number of hydrogen-bond donors (Lipinski definition) is 1. The highest BCUT2D eigenvalue weighted by atomic mass is 32.2. The lowest BCUT2D eigenvalue weighted by atomic mass is 10.2. The fraction of sp³-hybridized carbons (Fsp3) is 0.692. The molecule has 1 aliphatic heterocycles. The molecule has 5 nitrogen and oxygen atoms in total. The van der Waals surface area contributed by atoms with Crippen LogP contribution in [0, 0.1) is 6.92 Å². The lowest BCUT2D eigenvalue weighted by molar-refractivity contribution is 0.0947. The molecule has 0 amide bonds. The number of aryl methyl sites for hydroxylation is 1. The largest absolute Gasteiger partial charge is 0.377 e. The smallest absolute Gasteiger partial charge is 0.252 e. The van der Waals surface area contributed by atoms with Gasteiger partial charge in [0, 0.05) is 31.1 Å². The average molecular weight is 318 g/mol. The standard InChI is InChI=1S/C13H22N2O3S2/c1-3-15(9-11-5-4-6-18-11)20(16,17)13-7-10(2)12(8-14)19-13/h7,11H,3-6,8-9,14H2,1-2H3. The number of nitrogens with two attached hydrogens (primary N) is 1. The molecule has 1 saturated heterocycles. The Bertz CT molecular complexity index is 548. The van der Waals surface area contributed by atoms with E-state index in [1.54, 1.807) is 6.07 Å². The summed E-state index contributed by atoms with van der Waals surface area (Å²) in [5.74, 6) is 0. The Morgan fingerprint density at radius 3 is 2.80 bits per heavy atom. The maximum Gasteiger partial charge on any atom is 0.252 e. The van der Waals surface area contributed by atoms with Gasteiger partial charge in [0.1, 0.15) is 4.21 Å². The Labute approximate surface area is 124 Å². The van der Waals surface area contributed by atoms with Gasteiger partial charge in [0.25, 0.3) is 10.0 Å². The highest BCUT2D eigenvalue weighted by Gasteiger charge is 2.29. The Hall–Kier alpha value is -0.470. The van der Waals surface area contributed by atoms with Crippen molar-refractivity contribution in [1.29, 1.82) is 0 Å². The van der Waals surface area contributed by atoms with Crippen LogP contribution >= 0.6 is 11.3 Å². The second-order valence-electron chi connectivity index (χ2n) is 4.97. The van der Waals surface area contributed by atoms with Crippen LogP contribution in [0.25, 0.3) is 0 Å². The van der Waals surface area contributed by atoms with E-state index in [-0.39, 0.29) is 6.10 Å². The van der Waals surface area contributed by atoms with Gasteiger partial charge >= 0.3 is 0 Å². The molecule has 1 fully saturated rings. The van der Waals surface area contributed by atoms with Crippen molar-refractivity contribution in [3.8, 4) is 0 Å². The number of likely N-dealkylation sites (N-methyl/N-ethyl adjacent to an activating group) is 1. The van der Waals surface area contributed by atoms with Crippen molar-refractivity contribution < 1.29 is 13.2 Å². The second kappa shape index (κ2) is 6.53. The zero-order valence-corrected chi connectivity index (χ0v) is 13.6. The summed E-state index contributed by atoms with van der Waals surface area (Å²) in [6.07, 6.45) is 1.97. The molecular formula is C13H22N2O3S2. The minimum atomic E-state index is -3.43. The van der Waals surface area contributed by atoms with Gasteiger partial charge in [-0.3, -0.25) is 0 Å². The van der Waals surface area contributed by atoms with Crippen LogP contribution in [-0.2, 0) is 21.3 Å². The van der Waals surface area contributed by atoms with Crippen LogP contribution in [0.2, 0.25) is 0 Å². The fourth-order valence-corrected chi connectivity index (χ4v) is 5.46. The summed E-state index contributed by atoms with van der Waals surface area (Å²) in [6, 6.07) is 1.72. The molecule has 1 unspecified atom stereocenters. The minimum Gasteiger partial charge on any atom is -0.377 e. The van der Waals surface area contributed by atoms with Crippen LogP contribution in [0.1, 0.15) is 30.2 Å². The maximum atomic E-state index is 12.7. The maximum absolute atomic E-state index is 12.7. The third-order valence-electron chi connectivity index (χ3n) is 3.56. The van der Waals surface area contributed by atoms with Crippen LogP contribution in [0.4, 0.5) is 0 Å². The van der Waals surface area contributed by atoms with Crippen LogP contribution in [0.5, 0.6) is 0 Å². The molecule has 20 heavy (non-hydrogen) atoms. The number of nitrogens with zero attached hydrogens (tertiary/aromatic N) is 1. The Kier molecular flexibility index (Phi) is 5.19. The van der Waals surface area contributed by atoms with E-state index in [0.717, 1.165) is 29.9 Å². The van der Waals surface area contributed by atoms with E-state index in [1.807, 2.05) is 13.8 Å². The van der Waals surface area contributed by atoms with E-state index in [1.165, 1.54) is 15.6 Å². The van der Waals surface area contributed by atoms with Gasteiger partial charge < -0.3 is 10.5 Å². The first-order valence-electron chi connectivity index (χ1n) is 6.90. The lowest BCUT2D eigenvalue weighted by Crippen LogP contribution is -2.36. The van der Waals surface area contributed by atoms with E-state index in [9.17, 15) is 8.42 Å². The molecule has 1 aromatic heterocycles. The molecule has 7 heteroatoms. The lowest BCUT2D eigenvalue weighted by Gasteiger charge is -2.22. The minimum absolute atomic E-state index is 0.0276. The summed E-state index contributed by atoms with van der Waals surface area (Å²) in [6.45, 7) is 5.76. The molecule has 1 atom stereocenters. The first kappa shape index (κ1) is 15.9. The first-order chi connectivity index (χ1) is 9.48. The third-order valence-corrected chi connectivity index (χ3v) is 7.21. The molecule has 0 saturated carbocycles. The number of hydrogen-bond acceptors (Lipinski definition) is 5. The third kappa shape index (κ3) is 3.23. The Morgan fingerprint density at radius 1 is 1.55 bits per heavy atom. The fourth-order valence-electron chi connectivity index (χ4n) is 2.36. The normalized spacial score (nSPS) is 19.9. The van der Waals surface area contributed by atoms with E-state index >= 15 is 0 Å². The molecule has 0 aliphatic carbocycles. The SMILES string of the molecule is CCN(CC1CCCO1)S(=O)(=O)c1cc(C)c(CN)s1. The summed E-state index contributed by atoms with van der Waals surface area (Å²) in [4.78, 5) is 0.928. The molecule has 0 radical (unpaired) electrons. The molecule has 1 aromatic rings. The van der Waals surface area contributed by atoms with Crippen molar-refractivity contribution in [2.45, 2.75) is 43.5 Å². The number of sulfonamides is 1. The van der Waals surface area contributed by atoms with Crippen molar-refractivity contribution in [1.82, 2.24) is 4.31 Å². The van der Waals surface area contributed by atoms with Crippen LogP contribution in [0.3, 0.4) is 0 Å². The highest BCUT2D eigenvalue weighted by Crippen LogP contribution is 2.29. The Balaban J connectivity index is 2.21. The van der Waals surface area contributed by atoms with Gasteiger partial charge in [0.15, 0.2) is 0 Å². The summed E-state index contributed by atoms with van der Waals surface area (Å²) < 4.78 is 32.8. The van der Waals surface area contributed by atoms with Gasteiger partial charge in [-0.25, -0.2) is 8.42 Å². The van der Waals surface area contributed by atoms with Gasteiger partial charge in [-0.1, -0.05) is 6.92 Å². The van der Waals surface area contributed by atoms with Crippen molar-refractivity contribution in [3.05, 3.63) is 16.5 Å². The van der Waals surface area contributed by atoms with Crippen molar-refractivity contribution in [2.24, 2.45) is 5.73 Å². The first-order valence-corrected chi connectivity index (χ1v) is 9.15. The molecule has 2 N–H and O–H groups in total. The average Bonchev–Trinajstić information content (AvgIpc) is 3.04. The summed E-state index contributed by atoms with van der Waals surface area (Å²) in [5, 5.41) is 0. The zero-order valence-electron chi connectivity index (χ0n) is 12.0. The monoisotopic (exact) mass is 318 g/mol. The second-order valence-corrected chi connectivity index (χ2v) is 8.27. The highest BCUT2D eigenvalue weighted by molar-refractivity contribution is 7.91. The van der Waals surface area contributed by atoms with Gasteiger partial charge in [0.05, 0.1) is 6.10 Å². The summed E-state index contributed by atoms with van der Waals surface area (Å²) >= 11 is 1.27. The predicted molar refractivity (Wildman–Crippen MR) is 80.4 cm³/mol. The topological polar surface area (TPSA) is 72.6 Å². The number of thiophene rings is 1. The summed E-state index contributed by atoms with van der Waals surface area (Å²) in [5.41, 5.74) is 6.58. The van der Waals surface area contributed by atoms with Gasteiger partial charge in [-0.05, 0) is 31.4 Å². The number of rotatable bonds is 6. The molecule has 1 aliphatic rings. The van der Waals surface area contributed by atoms with Gasteiger partial charge in [-0.15, -0.1) is 11.3 Å². The van der Waals surface area contributed by atoms with E-state index in [4.69, 9.17) is 10.5 Å². The van der Waals surface area contributed by atoms with Crippen molar-refractivity contribution >= 4 is 21.4 Å². The Morgan fingerprint density at radius 2 is 2.30 bits per heavy atom.